The molecule has 0 spiro atoms. The first-order chi connectivity index (χ1) is 5.60. The first-order valence-electron chi connectivity index (χ1n) is 3.44. The van der Waals surface area contributed by atoms with Crippen molar-refractivity contribution in [1.82, 2.24) is 5.32 Å². The van der Waals surface area contributed by atoms with Crippen LogP contribution in [0.2, 0.25) is 0 Å². The van der Waals surface area contributed by atoms with Gasteiger partial charge in [0.05, 0.1) is 7.11 Å². The molecule has 0 saturated carbocycles. The molecule has 0 unspecified atom stereocenters. The summed E-state index contributed by atoms with van der Waals surface area (Å²) in [5, 5.41) is 2.47. The number of hydrogen-bond acceptors (Lipinski definition) is 2. The molecule has 3 heteroatoms. The van der Waals surface area contributed by atoms with E-state index in [-0.39, 0.29) is 0 Å². The van der Waals surface area contributed by atoms with Gasteiger partial charge in [-0.05, 0) is 19.1 Å². The van der Waals surface area contributed by atoms with Crippen molar-refractivity contribution in [2.45, 2.75) is 6.92 Å². The first-order valence-corrected chi connectivity index (χ1v) is 3.44. The van der Waals surface area contributed by atoms with Gasteiger partial charge in [-0.25, -0.2) is 4.79 Å². The second kappa shape index (κ2) is 5.18. The highest BCUT2D eigenvalue weighted by molar-refractivity contribution is 5.70. The third-order valence-corrected chi connectivity index (χ3v) is 1.05. The highest BCUT2D eigenvalue weighted by atomic mass is 16.5. The van der Waals surface area contributed by atoms with Gasteiger partial charge in [-0.2, -0.15) is 0 Å². The van der Waals surface area contributed by atoms with E-state index in [4.69, 9.17) is 0 Å². The van der Waals surface area contributed by atoms with E-state index >= 15 is 0 Å². The fourth-order valence-corrected chi connectivity index (χ4v) is 0.580. The highest BCUT2D eigenvalue weighted by Gasteiger charge is 1.98. The topological polar surface area (TPSA) is 38.3 Å². The van der Waals surface area contributed by atoms with E-state index in [1.807, 2.05) is 6.92 Å². The third-order valence-electron chi connectivity index (χ3n) is 1.05. The van der Waals surface area contributed by atoms with Crippen LogP contribution in [0.5, 0.6) is 0 Å². The van der Waals surface area contributed by atoms with Crippen molar-refractivity contribution in [3.63, 3.8) is 0 Å². The minimum Gasteiger partial charge on any atom is -0.453 e. The maximum atomic E-state index is 10.7. The highest BCUT2D eigenvalue weighted by Crippen LogP contribution is 1.97. The molecule has 0 aromatic rings. The molecule has 0 saturated heterocycles. The Labute approximate surface area is 72.4 Å². The minimum absolute atomic E-state index is 0.512. The number of nitrogens with one attached hydrogen (secondary N) is 1. The smallest absolute Gasteiger partial charge is 0.411 e. The normalized spacial score (nSPS) is 10.3. The SMILES string of the molecule is C=C/C(=C\C(=C)C)NC(=O)OC. The van der Waals surface area contributed by atoms with E-state index in [0.717, 1.165) is 5.57 Å². The Morgan fingerprint density at radius 2 is 2.17 bits per heavy atom. The van der Waals surface area contributed by atoms with Crippen molar-refractivity contribution in [2.24, 2.45) is 0 Å². The van der Waals surface area contributed by atoms with Crippen LogP contribution in [0.4, 0.5) is 4.79 Å². The molecule has 1 amide bonds. The molecule has 0 heterocycles. The molecule has 0 aliphatic rings. The average Bonchev–Trinajstić information content (AvgIpc) is 2.02. The largest absolute Gasteiger partial charge is 0.453 e. The Morgan fingerprint density at radius 1 is 1.58 bits per heavy atom. The number of amides is 1. The molecule has 0 aliphatic carbocycles. The first kappa shape index (κ1) is 10.5. The van der Waals surface area contributed by atoms with Gasteiger partial charge in [0.15, 0.2) is 0 Å². The van der Waals surface area contributed by atoms with Crippen LogP contribution in [-0.4, -0.2) is 13.2 Å². The Kier molecular flexibility index (Phi) is 4.53. The van der Waals surface area contributed by atoms with Crippen LogP contribution < -0.4 is 5.32 Å². The van der Waals surface area contributed by atoms with Crippen molar-refractivity contribution < 1.29 is 9.53 Å². The number of ether oxygens (including phenoxy) is 1. The molecule has 0 radical (unpaired) electrons. The Balaban J connectivity index is 4.27. The van der Waals surface area contributed by atoms with E-state index in [0.29, 0.717) is 5.70 Å². The monoisotopic (exact) mass is 167 g/mol. The van der Waals surface area contributed by atoms with Crippen molar-refractivity contribution in [3.8, 4) is 0 Å². The van der Waals surface area contributed by atoms with E-state index in [9.17, 15) is 4.79 Å². The molecular formula is C9H13NO2. The second-order valence-electron chi connectivity index (χ2n) is 2.27. The van der Waals surface area contributed by atoms with Gasteiger partial charge in [0.1, 0.15) is 0 Å². The van der Waals surface area contributed by atoms with Crippen LogP contribution in [0.1, 0.15) is 6.92 Å². The van der Waals surface area contributed by atoms with Crippen LogP contribution in [0, 0.1) is 0 Å². The molecule has 0 fully saturated rings. The van der Waals surface area contributed by atoms with Crippen LogP contribution in [0.3, 0.4) is 0 Å². The van der Waals surface area contributed by atoms with Crippen molar-refractivity contribution in [2.75, 3.05) is 7.11 Å². The van der Waals surface area contributed by atoms with Gasteiger partial charge in [-0.1, -0.05) is 18.7 Å². The second-order valence-corrected chi connectivity index (χ2v) is 2.27. The predicted molar refractivity (Wildman–Crippen MR) is 48.6 cm³/mol. The van der Waals surface area contributed by atoms with Gasteiger partial charge in [0.2, 0.25) is 0 Å². The van der Waals surface area contributed by atoms with E-state index < -0.39 is 6.09 Å². The number of carbonyl (C=O) groups is 1. The lowest BCUT2D eigenvalue weighted by Gasteiger charge is -2.03. The molecule has 0 atom stereocenters. The quantitative estimate of drug-likeness (QED) is 0.653. The fourth-order valence-electron chi connectivity index (χ4n) is 0.580. The number of carbonyl (C=O) groups excluding carboxylic acids is 1. The van der Waals surface area contributed by atoms with E-state index in [1.54, 1.807) is 6.08 Å². The number of alkyl carbamates (subject to hydrolysis) is 1. The Hall–Kier alpha value is -1.51. The molecule has 0 bridgehead atoms. The molecule has 0 aliphatic heterocycles. The van der Waals surface area contributed by atoms with Crippen LogP contribution >= 0.6 is 0 Å². The molecule has 12 heavy (non-hydrogen) atoms. The maximum Gasteiger partial charge on any atom is 0.411 e. The molecule has 0 rings (SSSR count). The zero-order valence-electron chi connectivity index (χ0n) is 7.39. The van der Waals surface area contributed by atoms with Crippen molar-refractivity contribution >= 4 is 6.09 Å². The van der Waals surface area contributed by atoms with Gasteiger partial charge >= 0.3 is 6.09 Å². The predicted octanol–water partition coefficient (Wildman–Crippen LogP) is 1.99. The number of methoxy groups -OCH3 is 1. The summed E-state index contributed by atoms with van der Waals surface area (Å²) in [5.74, 6) is 0. The van der Waals surface area contributed by atoms with Gasteiger partial charge in [0.25, 0.3) is 0 Å². The lowest BCUT2D eigenvalue weighted by Crippen LogP contribution is -2.21. The minimum atomic E-state index is -0.512. The number of allylic oxidation sites excluding steroid dienone is 3. The van der Waals surface area contributed by atoms with E-state index in [1.165, 1.54) is 13.2 Å². The lowest BCUT2D eigenvalue weighted by molar-refractivity contribution is 0.174. The van der Waals surface area contributed by atoms with Gasteiger partial charge in [-0.3, -0.25) is 5.32 Å². The standard InChI is InChI=1S/C9H13NO2/c1-5-8(6-7(2)3)10-9(11)12-4/h5-6H,1-2H2,3-4H3,(H,10,11)/b8-6+. The summed E-state index contributed by atoms with van der Waals surface area (Å²) in [6.45, 7) is 9.00. The molecule has 3 nitrogen and oxygen atoms in total. The summed E-state index contributed by atoms with van der Waals surface area (Å²) in [5.41, 5.74) is 1.41. The number of hydrogen-bond donors (Lipinski definition) is 1. The summed E-state index contributed by atoms with van der Waals surface area (Å²) in [7, 11) is 1.30. The molecule has 66 valence electrons. The van der Waals surface area contributed by atoms with Crippen LogP contribution in [-0.2, 0) is 4.74 Å². The summed E-state index contributed by atoms with van der Waals surface area (Å²) < 4.78 is 4.40. The van der Waals surface area contributed by atoms with Gasteiger partial charge in [0, 0.05) is 5.70 Å². The Bertz CT molecular complexity index is 229. The zero-order valence-corrected chi connectivity index (χ0v) is 7.39. The van der Waals surface area contributed by atoms with Crippen LogP contribution in [0.15, 0.2) is 36.6 Å². The van der Waals surface area contributed by atoms with Crippen molar-refractivity contribution in [3.05, 3.63) is 36.6 Å². The molecule has 0 aromatic heterocycles. The lowest BCUT2D eigenvalue weighted by atomic mass is 10.3. The Morgan fingerprint density at radius 3 is 2.50 bits per heavy atom. The van der Waals surface area contributed by atoms with Gasteiger partial charge in [-0.15, -0.1) is 0 Å². The molecule has 0 aromatic carbocycles. The molecular weight excluding hydrogens is 154 g/mol. The van der Waals surface area contributed by atoms with Gasteiger partial charge < -0.3 is 4.74 Å². The zero-order chi connectivity index (χ0) is 9.56. The summed E-state index contributed by atoms with van der Waals surface area (Å²) in [6.07, 6.45) is 2.71. The summed E-state index contributed by atoms with van der Waals surface area (Å²) in [4.78, 5) is 10.7. The average molecular weight is 167 g/mol. The van der Waals surface area contributed by atoms with Crippen molar-refractivity contribution in [1.29, 1.82) is 0 Å². The molecule has 1 N–H and O–H groups in total. The summed E-state index contributed by atoms with van der Waals surface area (Å²) in [6, 6.07) is 0. The fraction of sp³-hybridized carbons (Fsp3) is 0.222. The summed E-state index contributed by atoms with van der Waals surface area (Å²) >= 11 is 0. The number of rotatable bonds is 3. The van der Waals surface area contributed by atoms with E-state index in [2.05, 4.69) is 23.2 Å². The third kappa shape index (κ3) is 4.33. The maximum absolute atomic E-state index is 10.7. The van der Waals surface area contributed by atoms with Crippen LogP contribution in [0.25, 0.3) is 0 Å².